The quantitative estimate of drug-likeness (QED) is 0.716. The molecule has 0 atom stereocenters. The summed E-state index contributed by atoms with van der Waals surface area (Å²) in [5.74, 6) is 0.229. The number of aromatic nitrogens is 4. The molecule has 6 nitrogen and oxygen atoms in total. The molecule has 0 aliphatic carbocycles. The second-order valence-electron chi connectivity index (χ2n) is 5.66. The Labute approximate surface area is 143 Å². The Morgan fingerprint density at radius 2 is 1.70 bits per heavy atom. The first-order valence-electron chi connectivity index (χ1n) is 7.83. The summed E-state index contributed by atoms with van der Waals surface area (Å²) in [5, 5.41) is 4.26. The van der Waals surface area contributed by atoms with Crippen LogP contribution in [0.4, 0.5) is 10.3 Å². The van der Waals surface area contributed by atoms with Crippen molar-refractivity contribution in [2.45, 2.75) is 19.4 Å². The van der Waals surface area contributed by atoms with E-state index in [2.05, 4.69) is 40.8 Å². The number of nitrogens with zero attached hydrogens (tertiary/aromatic N) is 6. The van der Waals surface area contributed by atoms with Gasteiger partial charge in [0.15, 0.2) is 5.82 Å². The molecule has 1 fully saturated rings. The van der Waals surface area contributed by atoms with Crippen LogP contribution < -0.4 is 4.90 Å². The molecule has 0 bridgehead atoms. The highest BCUT2D eigenvalue weighted by atomic mass is 79.9. The first-order chi connectivity index (χ1) is 11.2. The van der Waals surface area contributed by atoms with E-state index in [0.29, 0.717) is 5.95 Å². The Morgan fingerprint density at radius 1 is 1.00 bits per heavy atom. The summed E-state index contributed by atoms with van der Waals surface area (Å²) in [6.45, 7) is 5.81. The van der Waals surface area contributed by atoms with Crippen molar-refractivity contribution in [1.29, 1.82) is 0 Å². The van der Waals surface area contributed by atoms with Gasteiger partial charge < -0.3 is 4.90 Å². The highest BCUT2D eigenvalue weighted by molar-refractivity contribution is 9.10. The van der Waals surface area contributed by atoms with Crippen molar-refractivity contribution in [3.05, 3.63) is 35.1 Å². The molecule has 3 heterocycles. The molecule has 1 aliphatic rings. The zero-order valence-corrected chi connectivity index (χ0v) is 14.5. The van der Waals surface area contributed by atoms with E-state index in [1.165, 1.54) is 12.4 Å². The van der Waals surface area contributed by atoms with Gasteiger partial charge in [0.25, 0.3) is 0 Å². The maximum Gasteiger partial charge on any atom is 0.225 e. The maximum absolute atomic E-state index is 12.9. The zero-order chi connectivity index (χ0) is 16.1. The van der Waals surface area contributed by atoms with E-state index in [1.807, 2.05) is 17.1 Å². The van der Waals surface area contributed by atoms with Crippen LogP contribution in [0.3, 0.4) is 0 Å². The zero-order valence-electron chi connectivity index (χ0n) is 12.9. The van der Waals surface area contributed by atoms with E-state index < -0.39 is 5.82 Å². The third-order valence-electron chi connectivity index (χ3n) is 3.98. The van der Waals surface area contributed by atoms with Crippen molar-refractivity contribution in [1.82, 2.24) is 24.6 Å². The number of piperazine rings is 1. The van der Waals surface area contributed by atoms with Crippen molar-refractivity contribution in [2.75, 3.05) is 37.6 Å². The average molecular weight is 383 g/mol. The summed E-state index contributed by atoms with van der Waals surface area (Å²) in [7, 11) is 0. The summed E-state index contributed by atoms with van der Waals surface area (Å²) in [6.07, 6.45) is 8.54. The molecule has 1 aliphatic heterocycles. The topological polar surface area (TPSA) is 50.1 Å². The Kier molecular flexibility index (Phi) is 5.56. The summed E-state index contributed by atoms with van der Waals surface area (Å²) < 4.78 is 15.8. The Hall–Kier alpha value is -1.54. The van der Waals surface area contributed by atoms with Gasteiger partial charge in [0.05, 0.1) is 23.1 Å². The molecule has 0 spiro atoms. The number of unbranched alkanes of at least 4 members (excludes halogenated alkanes) is 1. The van der Waals surface area contributed by atoms with Crippen molar-refractivity contribution in [3.8, 4) is 0 Å². The van der Waals surface area contributed by atoms with E-state index >= 15 is 0 Å². The normalized spacial score (nSPS) is 16.0. The molecule has 3 rings (SSSR count). The van der Waals surface area contributed by atoms with Gasteiger partial charge in [-0.25, -0.2) is 14.4 Å². The minimum atomic E-state index is -0.392. The summed E-state index contributed by atoms with van der Waals surface area (Å²) in [5.41, 5.74) is 0. The third kappa shape index (κ3) is 4.71. The molecule has 124 valence electrons. The first kappa shape index (κ1) is 16.3. The van der Waals surface area contributed by atoms with Crippen LogP contribution in [0.1, 0.15) is 12.8 Å². The molecule has 1 saturated heterocycles. The second-order valence-corrected chi connectivity index (χ2v) is 6.57. The van der Waals surface area contributed by atoms with Gasteiger partial charge in [-0.15, -0.1) is 0 Å². The average Bonchev–Trinajstić information content (AvgIpc) is 2.98. The fourth-order valence-electron chi connectivity index (χ4n) is 2.71. The first-order valence-corrected chi connectivity index (χ1v) is 8.63. The van der Waals surface area contributed by atoms with Crippen LogP contribution in [-0.2, 0) is 6.54 Å². The molecule has 0 saturated carbocycles. The summed E-state index contributed by atoms with van der Waals surface area (Å²) >= 11 is 3.41. The lowest BCUT2D eigenvalue weighted by Gasteiger charge is -2.34. The standard InChI is InChI=1S/C15H20BrFN6/c16-13-9-20-23(12-13)4-2-1-3-21-5-7-22(8-6-21)15-18-10-14(17)11-19-15/h9-12H,1-8H2. The van der Waals surface area contributed by atoms with Gasteiger partial charge in [0.1, 0.15) is 0 Å². The molecular weight excluding hydrogens is 363 g/mol. The predicted molar refractivity (Wildman–Crippen MR) is 89.8 cm³/mol. The smallest absolute Gasteiger partial charge is 0.225 e. The molecule has 0 amide bonds. The number of anilines is 1. The molecule has 2 aromatic heterocycles. The number of hydrogen-bond acceptors (Lipinski definition) is 5. The third-order valence-corrected chi connectivity index (χ3v) is 4.38. The van der Waals surface area contributed by atoms with Gasteiger partial charge in [0.2, 0.25) is 5.95 Å². The maximum atomic E-state index is 12.9. The lowest BCUT2D eigenvalue weighted by atomic mass is 10.2. The van der Waals surface area contributed by atoms with E-state index in [9.17, 15) is 4.39 Å². The number of hydrogen-bond donors (Lipinski definition) is 0. The summed E-state index contributed by atoms with van der Waals surface area (Å²) in [6, 6.07) is 0. The van der Waals surface area contributed by atoms with Crippen molar-refractivity contribution in [2.24, 2.45) is 0 Å². The number of halogens is 2. The van der Waals surface area contributed by atoms with E-state index in [0.717, 1.165) is 56.6 Å². The molecule has 0 N–H and O–H groups in total. The van der Waals surface area contributed by atoms with Crippen LogP contribution in [0.2, 0.25) is 0 Å². The number of aryl methyl sites for hydroxylation is 1. The van der Waals surface area contributed by atoms with E-state index in [4.69, 9.17) is 0 Å². The van der Waals surface area contributed by atoms with E-state index in [1.54, 1.807) is 0 Å². The van der Waals surface area contributed by atoms with Gasteiger partial charge in [-0.2, -0.15) is 5.10 Å². The molecule has 23 heavy (non-hydrogen) atoms. The Balaban J connectivity index is 1.35. The monoisotopic (exact) mass is 382 g/mol. The van der Waals surface area contributed by atoms with Crippen LogP contribution in [0, 0.1) is 5.82 Å². The minimum absolute atomic E-state index is 0.392. The highest BCUT2D eigenvalue weighted by Gasteiger charge is 2.18. The van der Waals surface area contributed by atoms with Crippen LogP contribution in [0.25, 0.3) is 0 Å². The second kappa shape index (κ2) is 7.83. The SMILES string of the molecule is Fc1cnc(N2CCN(CCCCn3cc(Br)cn3)CC2)nc1. The fraction of sp³-hybridized carbons (Fsp3) is 0.533. The molecule has 0 aromatic carbocycles. The lowest BCUT2D eigenvalue weighted by Crippen LogP contribution is -2.47. The van der Waals surface area contributed by atoms with Gasteiger partial charge in [-0.1, -0.05) is 0 Å². The summed E-state index contributed by atoms with van der Waals surface area (Å²) in [4.78, 5) is 12.7. The van der Waals surface area contributed by atoms with Crippen LogP contribution >= 0.6 is 15.9 Å². The fourth-order valence-corrected chi connectivity index (χ4v) is 3.04. The van der Waals surface area contributed by atoms with Crippen molar-refractivity contribution >= 4 is 21.9 Å². The molecule has 0 radical (unpaired) electrons. The van der Waals surface area contributed by atoms with Gasteiger partial charge in [-0.05, 0) is 35.3 Å². The van der Waals surface area contributed by atoms with Crippen LogP contribution in [-0.4, -0.2) is 57.4 Å². The molecule has 0 unspecified atom stereocenters. The van der Waals surface area contributed by atoms with Gasteiger partial charge >= 0.3 is 0 Å². The lowest BCUT2D eigenvalue weighted by molar-refractivity contribution is 0.249. The van der Waals surface area contributed by atoms with Crippen LogP contribution in [0.5, 0.6) is 0 Å². The van der Waals surface area contributed by atoms with Crippen molar-refractivity contribution < 1.29 is 4.39 Å². The molecule has 8 heteroatoms. The largest absolute Gasteiger partial charge is 0.338 e. The number of rotatable bonds is 6. The molecular formula is C15H20BrFN6. The van der Waals surface area contributed by atoms with Gasteiger partial charge in [0, 0.05) is 38.9 Å². The minimum Gasteiger partial charge on any atom is -0.338 e. The van der Waals surface area contributed by atoms with Gasteiger partial charge in [-0.3, -0.25) is 9.58 Å². The van der Waals surface area contributed by atoms with Crippen molar-refractivity contribution in [3.63, 3.8) is 0 Å². The molecule has 2 aromatic rings. The Bertz CT molecular complexity index is 609. The predicted octanol–water partition coefficient (Wildman–Crippen LogP) is 2.18. The van der Waals surface area contributed by atoms with E-state index in [-0.39, 0.29) is 0 Å². The Morgan fingerprint density at radius 3 is 2.35 bits per heavy atom. The highest BCUT2D eigenvalue weighted by Crippen LogP contribution is 2.11. The van der Waals surface area contributed by atoms with Crippen LogP contribution in [0.15, 0.2) is 29.3 Å².